The van der Waals surface area contributed by atoms with Gasteiger partial charge in [0, 0.05) is 18.2 Å². The number of nitrogens with one attached hydrogen (secondary N) is 1. The lowest BCUT2D eigenvalue weighted by atomic mass is 10.0. The molecule has 0 unspecified atom stereocenters. The summed E-state index contributed by atoms with van der Waals surface area (Å²) in [7, 11) is 0. The number of amides is 1. The molecule has 0 fully saturated rings. The molecule has 1 aromatic rings. The third-order valence-corrected chi connectivity index (χ3v) is 2.87. The van der Waals surface area contributed by atoms with Gasteiger partial charge in [0.1, 0.15) is 0 Å². The van der Waals surface area contributed by atoms with E-state index in [0.29, 0.717) is 6.61 Å². The molecule has 0 aliphatic carbocycles. The number of hydrogen-bond donors (Lipinski definition) is 1. The SMILES string of the molecule is CC(C)OCCC(C)(C)NC(=O)/C=C/c1ccccc1. The zero-order chi connectivity index (χ0) is 15.0. The number of carbonyl (C=O) groups is 1. The maximum Gasteiger partial charge on any atom is 0.244 e. The van der Waals surface area contributed by atoms with Crippen molar-refractivity contribution in [2.75, 3.05) is 6.61 Å². The molecule has 1 rings (SSSR count). The molecule has 1 amide bonds. The summed E-state index contributed by atoms with van der Waals surface area (Å²) in [5.41, 5.74) is 0.746. The molecule has 1 aromatic carbocycles. The molecule has 0 atom stereocenters. The smallest absolute Gasteiger partial charge is 0.244 e. The number of carbonyl (C=O) groups excluding carboxylic acids is 1. The standard InChI is InChI=1S/C17H25NO2/c1-14(2)20-13-12-17(3,4)18-16(19)11-10-15-8-6-5-7-9-15/h5-11,14H,12-13H2,1-4H3,(H,18,19)/b11-10+. The van der Waals surface area contributed by atoms with Crippen molar-refractivity contribution in [1.29, 1.82) is 0 Å². The Balaban J connectivity index is 2.42. The summed E-state index contributed by atoms with van der Waals surface area (Å²) < 4.78 is 5.52. The third kappa shape index (κ3) is 7.10. The van der Waals surface area contributed by atoms with Crippen molar-refractivity contribution < 1.29 is 9.53 Å². The van der Waals surface area contributed by atoms with Gasteiger partial charge in [0.25, 0.3) is 0 Å². The van der Waals surface area contributed by atoms with Gasteiger partial charge in [-0.2, -0.15) is 0 Å². The van der Waals surface area contributed by atoms with Crippen LogP contribution in [0.5, 0.6) is 0 Å². The molecule has 0 saturated carbocycles. The first kappa shape index (κ1) is 16.4. The van der Waals surface area contributed by atoms with Gasteiger partial charge in [-0.3, -0.25) is 4.79 Å². The molecule has 0 bridgehead atoms. The van der Waals surface area contributed by atoms with E-state index >= 15 is 0 Å². The summed E-state index contributed by atoms with van der Waals surface area (Å²) in [4.78, 5) is 11.9. The zero-order valence-corrected chi connectivity index (χ0v) is 12.8. The van der Waals surface area contributed by atoms with Crippen molar-refractivity contribution in [2.24, 2.45) is 0 Å². The van der Waals surface area contributed by atoms with Crippen LogP contribution in [0.25, 0.3) is 6.08 Å². The minimum Gasteiger partial charge on any atom is -0.379 e. The van der Waals surface area contributed by atoms with Gasteiger partial charge >= 0.3 is 0 Å². The van der Waals surface area contributed by atoms with Crippen molar-refractivity contribution in [3.05, 3.63) is 42.0 Å². The third-order valence-electron chi connectivity index (χ3n) is 2.87. The van der Waals surface area contributed by atoms with E-state index in [1.54, 1.807) is 6.08 Å². The molecule has 3 nitrogen and oxygen atoms in total. The molecule has 0 heterocycles. The summed E-state index contributed by atoms with van der Waals surface area (Å²) in [6.07, 6.45) is 4.39. The highest BCUT2D eigenvalue weighted by molar-refractivity contribution is 5.92. The van der Waals surface area contributed by atoms with Crippen LogP contribution in [0.1, 0.15) is 39.7 Å². The normalized spacial score (nSPS) is 12.1. The Morgan fingerprint density at radius 2 is 1.95 bits per heavy atom. The Bertz CT molecular complexity index is 436. The first-order valence-electron chi connectivity index (χ1n) is 7.06. The second kappa shape index (κ2) is 7.85. The maximum absolute atomic E-state index is 11.9. The highest BCUT2D eigenvalue weighted by atomic mass is 16.5. The van der Waals surface area contributed by atoms with Crippen LogP contribution in [0, 0.1) is 0 Å². The minimum atomic E-state index is -0.271. The molecular weight excluding hydrogens is 250 g/mol. The van der Waals surface area contributed by atoms with Crippen molar-refractivity contribution in [2.45, 2.75) is 45.8 Å². The Hall–Kier alpha value is -1.61. The molecule has 0 aliphatic heterocycles. The van der Waals surface area contributed by atoms with E-state index in [9.17, 15) is 4.79 Å². The molecule has 110 valence electrons. The van der Waals surface area contributed by atoms with E-state index in [-0.39, 0.29) is 17.6 Å². The van der Waals surface area contributed by atoms with Gasteiger partial charge in [-0.05, 0) is 45.8 Å². The van der Waals surface area contributed by atoms with E-state index in [1.807, 2.05) is 64.1 Å². The van der Waals surface area contributed by atoms with Crippen LogP contribution in [0.15, 0.2) is 36.4 Å². The van der Waals surface area contributed by atoms with Gasteiger partial charge in [0.05, 0.1) is 6.10 Å². The average molecular weight is 275 g/mol. The van der Waals surface area contributed by atoms with Crippen LogP contribution in [0.4, 0.5) is 0 Å². The number of hydrogen-bond acceptors (Lipinski definition) is 2. The lowest BCUT2D eigenvalue weighted by Gasteiger charge is -2.26. The summed E-state index contributed by atoms with van der Waals surface area (Å²) in [6.45, 7) is 8.67. The molecule has 20 heavy (non-hydrogen) atoms. The van der Waals surface area contributed by atoms with E-state index < -0.39 is 0 Å². The largest absolute Gasteiger partial charge is 0.379 e. The monoisotopic (exact) mass is 275 g/mol. The van der Waals surface area contributed by atoms with Gasteiger partial charge in [0.2, 0.25) is 5.91 Å². The predicted molar refractivity (Wildman–Crippen MR) is 83.4 cm³/mol. The molecule has 0 radical (unpaired) electrons. The Morgan fingerprint density at radius 3 is 2.55 bits per heavy atom. The van der Waals surface area contributed by atoms with Crippen LogP contribution in [0.2, 0.25) is 0 Å². The van der Waals surface area contributed by atoms with Crippen LogP contribution in [-0.2, 0) is 9.53 Å². The fraction of sp³-hybridized carbons (Fsp3) is 0.471. The second-order valence-corrected chi connectivity index (χ2v) is 5.79. The van der Waals surface area contributed by atoms with Crippen LogP contribution < -0.4 is 5.32 Å². The molecule has 0 aromatic heterocycles. The lowest BCUT2D eigenvalue weighted by molar-refractivity contribution is -0.118. The van der Waals surface area contributed by atoms with E-state index in [2.05, 4.69) is 5.32 Å². The fourth-order valence-corrected chi connectivity index (χ4v) is 1.72. The van der Waals surface area contributed by atoms with Crippen LogP contribution in [0.3, 0.4) is 0 Å². The van der Waals surface area contributed by atoms with Gasteiger partial charge in [-0.15, -0.1) is 0 Å². The highest BCUT2D eigenvalue weighted by Gasteiger charge is 2.19. The maximum atomic E-state index is 11.9. The summed E-state index contributed by atoms with van der Waals surface area (Å²) in [5.74, 6) is -0.0802. The lowest BCUT2D eigenvalue weighted by Crippen LogP contribution is -2.43. The molecule has 0 spiro atoms. The second-order valence-electron chi connectivity index (χ2n) is 5.79. The van der Waals surface area contributed by atoms with Gasteiger partial charge in [0.15, 0.2) is 0 Å². The zero-order valence-electron chi connectivity index (χ0n) is 12.8. The topological polar surface area (TPSA) is 38.3 Å². The van der Waals surface area contributed by atoms with Crippen molar-refractivity contribution >= 4 is 12.0 Å². The highest BCUT2D eigenvalue weighted by Crippen LogP contribution is 2.09. The average Bonchev–Trinajstić information content (AvgIpc) is 2.36. The van der Waals surface area contributed by atoms with Gasteiger partial charge in [-0.25, -0.2) is 0 Å². The quantitative estimate of drug-likeness (QED) is 0.774. The Morgan fingerprint density at radius 1 is 1.30 bits per heavy atom. The van der Waals surface area contributed by atoms with Crippen molar-refractivity contribution in [3.63, 3.8) is 0 Å². The summed E-state index contributed by atoms with van der Waals surface area (Å²) in [5, 5.41) is 2.99. The fourth-order valence-electron chi connectivity index (χ4n) is 1.72. The number of ether oxygens (including phenoxy) is 1. The van der Waals surface area contributed by atoms with Gasteiger partial charge < -0.3 is 10.1 Å². The predicted octanol–water partition coefficient (Wildman–Crippen LogP) is 3.41. The van der Waals surface area contributed by atoms with Crippen molar-refractivity contribution in [1.82, 2.24) is 5.32 Å². The number of benzene rings is 1. The molecule has 0 aliphatic rings. The van der Waals surface area contributed by atoms with E-state index in [1.165, 1.54) is 0 Å². The first-order valence-corrected chi connectivity index (χ1v) is 7.06. The molecule has 3 heteroatoms. The Kier molecular flexibility index (Phi) is 6.46. The van der Waals surface area contributed by atoms with Crippen molar-refractivity contribution in [3.8, 4) is 0 Å². The molecule has 0 saturated heterocycles. The molecule has 1 N–H and O–H groups in total. The van der Waals surface area contributed by atoms with E-state index in [4.69, 9.17) is 4.74 Å². The summed E-state index contributed by atoms with van der Waals surface area (Å²) in [6, 6.07) is 9.78. The minimum absolute atomic E-state index is 0.0802. The summed E-state index contributed by atoms with van der Waals surface area (Å²) >= 11 is 0. The number of rotatable bonds is 7. The first-order chi connectivity index (χ1) is 9.39. The van der Waals surface area contributed by atoms with E-state index in [0.717, 1.165) is 12.0 Å². The van der Waals surface area contributed by atoms with Crippen LogP contribution >= 0.6 is 0 Å². The van der Waals surface area contributed by atoms with Crippen LogP contribution in [-0.4, -0.2) is 24.2 Å². The van der Waals surface area contributed by atoms with Gasteiger partial charge in [-0.1, -0.05) is 30.3 Å². The Labute approximate surface area is 122 Å². The molecular formula is C17H25NO2.